The van der Waals surface area contributed by atoms with Gasteiger partial charge in [-0.2, -0.15) is 0 Å². The topological polar surface area (TPSA) is 29.1 Å². The van der Waals surface area contributed by atoms with Gasteiger partial charge in [-0.15, -0.1) is 0 Å². The summed E-state index contributed by atoms with van der Waals surface area (Å²) in [5, 5.41) is 4.49. The van der Waals surface area contributed by atoms with E-state index in [0.717, 1.165) is 22.4 Å². The number of benzene rings is 3. The molecule has 1 amide bonds. The zero-order chi connectivity index (χ0) is 20.1. The monoisotopic (exact) mass is 429 g/mol. The minimum atomic E-state index is -0.134. The van der Waals surface area contributed by atoms with E-state index in [4.69, 9.17) is 34.8 Å². The van der Waals surface area contributed by atoms with Gasteiger partial charge in [0.2, 0.25) is 0 Å². The maximum Gasteiger partial charge on any atom is 0.255 e. The Labute approximate surface area is 179 Å². The number of anilines is 1. The van der Waals surface area contributed by atoms with Crippen LogP contribution in [0.3, 0.4) is 0 Å². The lowest BCUT2D eigenvalue weighted by molar-refractivity contribution is 0.102. The molecule has 0 aliphatic rings. The van der Waals surface area contributed by atoms with Crippen molar-refractivity contribution in [3.05, 3.63) is 105 Å². The van der Waals surface area contributed by atoms with E-state index >= 15 is 0 Å². The number of rotatable bonds is 5. The quantitative estimate of drug-likeness (QED) is 0.449. The molecule has 28 heavy (non-hydrogen) atoms. The SMILES string of the molecule is Cc1ccccc1NC(=O)c1ccc(C/C=C(\Cl)c2ccc(Cl)c(Cl)c2)cc1. The van der Waals surface area contributed by atoms with Crippen LogP contribution in [-0.2, 0) is 6.42 Å². The van der Waals surface area contributed by atoms with Crippen molar-refractivity contribution in [2.45, 2.75) is 13.3 Å². The molecule has 0 saturated carbocycles. The van der Waals surface area contributed by atoms with E-state index in [1.807, 2.05) is 67.6 Å². The zero-order valence-corrected chi connectivity index (χ0v) is 17.4. The van der Waals surface area contributed by atoms with E-state index < -0.39 is 0 Å². The highest BCUT2D eigenvalue weighted by Crippen LogP contribution is 2.28. The molecule has 0 aliphatic carbocycles. The number of nitrogens with one attached hydrogen (secondary N) is 1. The number of para-hydroxylation sites is 1. The molecule has 0 unspecified atom stereocenters. The highest BCUT2D eigenvalue weighted by Gasteiger charge is 2.08. The maximum atomic E-state index is 12.4. The Kier molecular flexibility index (Phi) is 6.79. The first-order valence-corrected chi connectivity index (χ1v) is 9.84. The lowest BCUT2D eigenvalue weighted by Crippen LogP contribution is -2.12. The summed E-state index contributed by atoms with van der Waals surface area (Å²) in [6, 6.07) is 20.4. The first kappa shape index (κ1) is 20.5. The van der Waals surface area contributed by atoms with E-state index in [-0.39, 0.29) is 5.91 Å². The summed E-state index contributed by atoms with van der Waals surface area (Å²) in [6.07, 6.45) is 2.54. The van der Waals surface area contributed by atoms with Crippen LogP contribution in [0.4, 0.5) is 5.69 Å². The summed E-state index contributed by atoms with van der Waals surface area (Å²) >= 11 is 18.3. The second kappa shape index (κ2) is 9.29. The van der Waals surface area contributed by atoms with E-state index in [0.29, 0.717) is 27.1 Å². The molecule has 142 valence electrons. The Morgan fingerprint density at radius 1 is 0.929 bits per heavy atom. The number of hydrogen-bond acceptors (Lipinski definition) is 1. The van der Waals surface area contributed by atoms with E-state index in [2.05, 4.69) is 5.32 Å². The van der Waals surface area contributed by atoms with Crippen molar-refractivity contribution < 1.29 is 4.79 Å². The van der Waals surface area contributed by atoms with Crippen LogP contribution in [-0.4, -0.2) is 5.91 Å². The fourth-order valence-corrected chi connectivity index (χ4v) is 3.16. The molecule has 3 aromatic rings. The number of hydrogen-bond donors (Lipinski definition) is 1. The minimum absolute atomic E-state index is 0.134. The number of halogens is 3. The molecule has 0 heterocycles. The molecular formula is C23H18Cl3NO. The predicted octanol–water partition coefficient (Wildman–Crippen LogP) is 7.38. The van der Waals surface area contributed by atoms with Crippen molar-refractivity contribution in [3.63, 3.8) is 0 Å². The fraction of sp³-hybridized carbons (Fsp3) is 0.0870. The van der Waals surface area contributed by atoms with Gasteiger partial charge < -0.3 is 5.32 Å². The van der Waals surface area contributed by atoms with Gasteiger partial charge in [-0.25, -0.2) is 0 Å². The molecule has 0 fully saturated rings. The molecule has 1 N–H and O–H groups in total. The summed E-state index contributed by atoms with van der Waals surface area (Å²) in [6.45, 7) is 1.96. The Morgan fingerprint density at radius 3 is 2.29 bits per heavy atom. The smallest absolute Gasteiger partial charge is 0.255 e. The highest BCUT2D eigenvalue weighted by atomic mass is 35.5. The summed E-state index contributed by atoms with van der Waals surface area (Å²) in [7, 11) is 0. The van der Waals surface area contributed by atoms with Crippen LogP contribution in [0, 0.1) is 6.92 Å². The van der Waals surface area contributed by atoms with Crippen LogP contribution in [0.15, 0.2) is 72.8 Å². The molecular weight excluding hydrogens is 413 g/mol. The second-order valence-corrected chi connectivity index (χ2v) is 7.57. The van der Waals surface area contributed by atoms with E-state index in [1.54, 1.807) is 12.1 Å². The van der Waals surface area contributed by atoms with Gasteiger partial charge >= 0.3 is 0 Å². The number of aryl methyl sites for hydroxylation is 1. The predicted molar refractivity (Wildman–Crippen MR) is 120 cm³/mol. The van der Waals surface area contributed by atoms with Gasteiger partial charge in [0.25, 0.3) is 5.91 Å². The first-order valence-electron chi connectivity index (χ1n) is 8.71. The van der Waals surface area contributed by atoms with Crippen LogP contribution in [0.1, 0.15) is 27.0 Å². The Balaban J connectivity index is 1.66. The average molecular weight is 431 g/mol. The Morgan fingerprint density at radius 2 is 1.61 bits per heavy atom. The van der Waals surface area contributed by atoms with Gasteiger partial charge in [-0.1, -0.05) is 77.3 Å². The van der Waals surface area contributed by atoms with Crippen molar-refractivity contribution in [3.8, 4) is 0 Å². The summed E-state index contributed by atoms with van der Waals surface area (Å²) < 4.78 is 0. The summed E-state index contributed by atoms with van der Waals surface area (Å²) in [4.78, 5) is 12.4. The van der Waals surface area contributed by atoms with Crippen LogP contribution < -0.4 is 5.32 Å². The van der Waals surface area contributed by atoms with Gasteiger partial charge in [0.15, 0.2) is 0 Å². The molecule has 0 aliphatic heterocycles. The molecule has 0 saturated heterocycles. The average Bonchev–Trinajstić information content (AvgIpc) is 2.70. The molecule has 3 aromatic carbocycles. The molecule has 5 heteroatoms. The molecule has 2 nitrogen and oxygen atoms in total. The second-order valence-electron chi connectivity index (χ2n) is 6.35. The molecule has 3 rings (SSSR count). The molecule has 0 atom stereocenters. The highest BCUT2D eigenvalue weighted by molar-refractivity contribution is 6.49. The molecule has 0 radical (unpaired) electrons. The Bertz CT molecular complexity index is 1030. The molecule has 0 aromatic heterocycles. The van der Waals surface area contributed by atoms with Crippen molar-refractivity contribution in [1.82, 2.24) is 0 Å². The minimum Gasteiger partial charge on any atom is -0.322 e. The van der Waals surface area contributed by atoms with Crippen molar-refractivity contribution in [1.29, 1.82) is 0 Å². The van der Waals surface area contributed by atoms with Crippen LogP contribution in [0.2, 0.25) is 10.0 Å². The third-order valence-electron chi connectivity index (χ3n) is 4.32. The number of amides is 1. The zero-order valence-electron chi connectivity index (χ0n) is 15.2. The number of carbonyl (C=O) groups excluding carboxylic acids is 1. The summed E-state index contributed by atoms with van der Waals surface area (Å²) in [5.74, 6) is -0.134. The van der Waals surface area contributed by atoms with Crippen LogP contribution in [0.25, 0.3) is 5.03 Å². The van der Waals surface area contributed by atoms with E-state index in [1.165, 1.54) is 0 Å². The maximum absolute atomic E-state index is 12.4. The molecule has 0 bridgehead atoms. The van der Waals surface area contributed by atoms with Crippen molar-refractivity contribution in [2.75, 3.05) is 5.32 Å². The normalized spacial score (nSPS) is 11.4. The summed E-state index contributed by atoms with van der Waals surface area (Å²) in [5.41, 5.74) is 4.30. The number of allylic oxidation sites excluding steroid dienone is 1. The lowest BCUT2D eigenvalue weighted by atomic mass is 10.1. The van der Waals surface area contributed by atoms with Crippen LogP contribution >= 0.6 is 34.8 Å². The van der Waals surface area contributed by atoms with Crippen molar-refractivity contribution >= 4 is 51.4 Å². The van der Waals surface area contributed by atoms with Gasteiger partial charge in [0, 0.05) is 16.3 Å². The molecule has 0 spiro atoms. The third kappa shape index (κ3) is 5.17. The van der Waals surface area contributed by atoms with Gasteiger partial charge in [-0.3, -0.25) is 4.79 Å². The largest absolute Gasteiger partial charge is 0.322 e. The first-order chi connectivity index (χ1) is 13.4. The van der Waals surface area contributed by atoms with Gasteiger partial charge in [0.05, 0.1) is 10.0 Å². The van der Waals surface area contributed by atoms with E-state index in [9.17, 15) is 4.79 Å². The van der Waals surface area contributed by atoms with Crippen LogP contribution in [0.5, 0.6) is 0 Å². The third-order valence-corrected chi connectivity index (χ3v) is 5.43. The fourth-order valence-electron chi connectivity index (χ4n) is 2.67. The van der Waals surface area contributed by atoms with Crippen molar-refractivity contribution in [2.24, 2.45) is 0 Å². The van der Waals surface area contributed by atoms with Gasteiger partial charge in [0.1, 0.15) is 0 Å². The van der Waals surface area contributed by atoms with Gasteiger partial charge in [-0.05, 0) is 60.4 Å². The lowest BCUT2D eigenvalue weighted by Gasteiger charge is -2.08. The standard InChI is InChI=1S/C23H18Cl3NO/c1-15-4-2-3-5-22(15)27-23(28)17-9-6-16(7-10-17)8-12-19(24)18-11-13-20(25)21(26)14-18/h2-7,9-14H,8H2,1H3,(H,27,28)/b19-12-. The Hall–Kier alpha value is -2.26. The number of carbonyl (C=O) groups is 1.